The van der Waals surface area contributed by atoms with Crippen LogP contribution in [0, 0.1) is 6.92 Å². The molecule has 19 heavy (non-hydrogen) atoms. The minimum Gasteiger partial charge on any atom is -0.384 e. The largest absolute Gasteiger partial charge is 0.384 e. The number of nitrogens with two attached hydrogens (primary N) is 1. The van der Waals surface area contributed by atoms with Gasteiger partial charge in [0.15, 0.2) is 0 Å². The number of nitrogens with one attached hydrogen (secondary N) is 1. The van der Waals surface area contributed by atoms with Crippen molar-refractivity contribution in [3.8, 4) is 0 Å². The zero-order valence-electron chi connectivity index (χ0n) is 10.1. The molecule has 1 aromatic carbocycles. The van der Waals surface area contributed by atoms with E-state index in [0.29, 0.717) is 22.1 Å². The second kappa shape index (κ2) is 5.07. The first-order valence-electron chi connectivity index (χ1n) is 5.39. The molecular formula is C12H12ClN3O2S. The smallest absolute Gasteiger partial charge is 0.262 e. The lowest BCUT2D eigenvalue weighted by Crippen LogP contribution is -2.14. The first-order chi connectivity index (χ1) is 8.88. The average molecular weight is 298 g/mol. The third kappa shape index (κ3) is 3.15. The molecule has 0 unspecified atom stereocenters. The third-order valence-electron chi connectivity index (χ3n) is 2.47. The van der Waals surface area contributed by atoms with Gasteiger partial charge in [-0.25, -0.2) is 13.4 Å². The van der Waals surface area contributed by atoms with E-state index in [2.05, 4.69) is 9.71 Å². The van der Waals surface area contributed by atoms with E-state index in [9.17, 15) is 8.42 Å². The summed E-state index contributed by atoms with van der Waals surface area (Å²) in [6.07, 6.45) is 1.36. The highest BCUT2D eigenvalue weighted by Crippen LogP contribution is 2.22. The minimum atomic E-state index is -3.66. The van der Waals surface area contributed by atoms with Crippen molar-refractivity contribution >= 4 is 33.1 Å². The van der Waals surface area contributed by atoms with Gasteiger partial charge in [0.1, 0.15) is 5.82 Å². The maximum absolute atomic E-state index is 12.2. The summed E-state index contributed by atoms with van der Waals surface area (Å²) in [6, 6.07) is 7.66. The van der Waals surface area contributed by atoms with E-state index in [1.807, 2.05) is 0 Å². The number of benzene rings is 1. The van der Waals surface area contributed by atoms with Crippen molar-refractivity contribution < 1.29 is 8.42 Å². The van der Waals surface area contributed by atoms with Gasteiger partial charge in [0.2, 0.25) is 0 Å². The quantitative estimate of drug-likeness (QED) is 0.911. The second-order valence-electron chi connectivity index (χ2n) is 3.99. The number of nitrogen functional groups attached to an aromatic ring is 1. The molecule has 0 atom stereocenters. The van der Waals surface area contributed by atoms with Gasteiger partial charge in [-0.15, -0.1) is 0 Å². The summed E-state index contributed by atoms with van der Waals surface area (Å²) in [5, 5.41) is 0.491. The molecular weight excluding hydrogens is 286 g/mol. The normalized spacial score (nSPS) is 11.3. The van der Waals surface area contributed by atoms with Crippen LogP contribution in [0.15, 0.2) is 41.4 Å². The molecule has 5 nitrogen and oxygen atoms in total. The van der Waals surface area contributed by atoms with Crippen molar-refractivity contribution in [3.63, 3.8) is 0 Å². The van der Waals surface area contributed by atoms with Crippen molar-refractivity contribution in [2.75, 3.05) is 10.5 Å². The molecule has 0 spiro atoms. The molecule has 0 radical (unpaired) electrons. The second-order valence-corrected chi connectivity index (χ2v) is 6.07. The highest BCUT2D eigenvalue weighted by atomic mass is 35.5. The van der Waals surface area contributed by atoms with Gasteiger partial charge in [0.05, 0.1) is 16.8 Å². The molecule has 0 aliphatic rings. The van der Waals surface area contributed by atoms with Crippen molar-refractivity contribution in [1.82, 2.24) is 4.98 Å². The van der Waals surface area contributed by atoms with Crippen molar-refractivity contribution in [1.29, 1.82) is 0 Å². The summed E-state index contributed by atoms with van der Waals surface area (Å²) < 4.78 is 26.8. The third-order valence-corrected chi connectivity index (χ3v) is 4.24. The van der Waals surface area contributed by atoms with Gasteiger partial charge in [0, 0.05) is 5.02 Å². The van der Waals surface area contributed by atoms with Gasteiger partial charge in [-0.3, -0.25) is 4.72 Å². The van der Waals surface area contributed by atoms with Crippen LogP contribution >= 0.6 is 11.6 Å². The number of hydrogen-bond acceptors (Lipinski definition) is 4. The van der Waals surface area contributed by atoms with E-state index in [4.69, 9.17) is 17.3 Å². The fraction of sp³-hybridized carbons (Fsp3) is 0.0833. The first-order valence-corrected chi connectivity index (χ1v) is 7.25. The van der Waals surface area contributed by atoms with Crippen LogP contribution in [0.2, 0.25) is 5.02 Å². The number of anilines is 2. The number of sulfonamides is 1. The van der Waals surface area contributed by atoms with Gasteiger partial charge in [-0.1, -0.05) is 11.6 Å². The van der Waals surface area contributed by atoms with Crippen molar-refractivity contribution in [3.05, 3.63) is 47.1 Å². The molecule has 0 saturated heterocycles. The molecule has 0 amide bonds. The van der Waals surface area contributed by atoms with Gasteiger partial charge in [-0.05, 0) is 42.8 Å². The van der Waals surface area contributed by atoms with E-state index >= 15 is 0 Å². The Morgan fingerprint density at radius 2 is 2.00 bits per heavy atom. The van der Waals surface area contributed by atoms with Gasteiger partial charge in [-0.2, -0.15) is 0 Å². The summed E-state index contributed by atoms with van der Waals surface area (Å²) >= 11 is 5.81. The molecule has 0 aliphatic heterocycles. The minimum absolute atomic E-state index is 0.175. The Morgan fingerprint density at radius 1 is 1.26 bits per heavy atom. The van der Waals surface area contributed by atoms with Gasteiger partial charge >= 0.3 is 0 Å². The summed E-state index contributed by atoms with van der Waals surface area (Å²) in [5.41, 5.74) is 6.36. The Labute approximate surface area is 116 Å². The van der Waals surface area contributed by atoms with Gasteiger partial charge in [0.25, 0.3) is 10.0 Å². The maximum Gasteiger partial charge on any atom is 0.262 e. The molecule has 1 aromatic heterocycles. The lowest BCUT2D eigenvalue weighted by atomic mass is 10.2. The summed E-state index contributed by atoms with van der Waals surface area (Å²) in [6.45, 7) is 1.68. The van der Waals surface area contributed by atoms with Crippen LogP contribution in [0.25, 0.3) is 0 Å². The zero-order valence-corrected chi connectivity index (χ0v) is 11.7. The lowest BCUT2D eigenvalue weighted by molar-refractivity contribution is 0.600. The van der Waals surface area contributed by atoms with Crippen LogP contribution in [0.4, 0.5) is 11.5 Å². The van der Waals surface area contributed by atoms with E-state index in [1.165, 1.54) is 24.4 Å². The number of aryl methyl sites for hydroxylation is 1. The average Bonchev–Trinajstić information content (AvgIpc) is 2.31. The monoisotopic (exact) mass is 297 g/mol. The van der Waals surface area contributed by atoms with Crippen molar-refractivity contribution in [2.45, 2.75) is 11.8 Å². The number of hydrogen-bond donors (Lipinski definition) is 2. The Morgan fingerprint density at radius 3 is 2.58 bits per heavy atom. The van der Waals surface area contributed by atoms with Crippen LogP contribution in [0.1, 0.15) is 5.56 Å². The Kier molecular flexibility index (Phi) is 3.64. The highest BCUT2D eigenvalue weighted by Gasteiger charge is 2.17. The molecule has 0 saturated carbocycles. The number of pyridine rings is 1. The van der Waals surface area contributed by atoms with E-state index in [1.54, 1.807) is 19.1 Å². The predicted octanol–water partition coefficient (Wildman–Crippen LogP) is 2.43. The van der Waals surface area contributed by atoms with Crippen LogP contribution in [0.5, 0.6) is 0 Å². The molecule has 3 N–H and O–H groups in total. The number of aromatic nitrogens is 1. The molecule has 2 aromatic rings. The Balaban J connectivity index is 2.35. The molecule has 0 bridgehead atoms. The van der Waals surface area contributed by atoms with Crippen LogP contribution in [-0.4, -0.2) is 13.4 Å². The Bertz CT molecular complexity index is 699. The zero-order chi connectivity index (χ0) is 14.0. The summed E-state index contributed by atoms with van der Waals surface area (Å²) in [7, 11) is -3.66. The van der Waals surface area contributed by atoms with Gasteiger partial charge < -0.3 is 5.73 Å². The molecule has 100 valence electrons. The van der Waals surface area contributed by atoms with Crippen molar-refractivity contribution in [2.24, 2.45) is 0 Å². The number of halogens is 1. The summed E-state index contributed by atoms with van der Waals surface area (Å²) in [5.74, 6) is 0.325. The van der Waals surface area contributed by atoms with E-state index < -0.39 is 10.0 Å². The number of nitrogens with zero attached hydrogens (tertiary/aromatic N) is 1. The fourth-order valence-corrected chi connectivity index (χ4v) is 3.09. The topological polar surface area (TPSA) is 85.1 Å². The molecule has 7 heteroatoms. The first kappa shape index (κ1) is 13.6. The fourth-order valence-electron chi connectivity index (χ4n) is 1.59. The van der Waals surface area contributed by atoms with Crippen LogP contribution < -0.4 is 10.5 Å². The molecule has 2 rings (SSSR count). The molecule has 1 heterocycles. The maximum atomic E-state index is 12.2. The lowest BCUT2D eigenvalue weighted by Gasteiger charge is -2.10. The summed E-state index contributed by atoms with van der Waals surface area (Å²) in [4.78, 5) is 4.00. The predicted molar refractivity (Wildman–Crippen MR) is 75.6 cm³/mol. The van der Waals surface area contributed by atoms with E-state index in [0.717, 1.165) is 0 Å². The molecule has 0 aliphatic carbocycles. The SMILES string of the molecule is Cc1cc(Cl)ccc1S(=O)(=O)Nc1ccc(N)nc1. The highest BCUT2D eigenvalue weighted by molar-refractivity contribution is 7.92. The number of rotatable bonds is 3. The van der Waals surface area contributed by atoms with E-state index in [-0.39, 0.29) is 4.90 Å². The standard InChI is InChI=1S/C12H12ClN3O2S/c1-8-6-9(13)2-4-11(8)19(17,18)16-10-3-5-12(14)15-7-10/h2-7,16H,1H3,(H2,14,15). The Hall–Kier alpha value is -1.79. The molecule has 0 fully saturated rings. The van der Waals surface area contributed by atoms with Crippen LogP contribution in [-0.2, 0) is 10.0 Å². The van der Waals surface area contributed by atoms with Crippen LogP contribution in [0.3, 0.4) is 0 Å².